The molecule has 0 atom stereocenters. The van der Waals surface area contributed by atoms with Gasteiger partial charge in [0.15, 0.2) is 5.75 Å². The van der Waals surface area contributed by atoms with Crippen LogP contribution in [0.2, 0.25) is 0 Å². The molecule has 0 radical (unpaired) electrons. The average Bonchev–Trinajstić information content (AvgIpc) is 2.90. The second-order valence-corrected chi connectivity index (χ2v) is 5.15. The molecule has 0 spiro atoms. The molecule has 3 rings (SSSR count). The molecule has 0 fully saturated rings. The summed E-state index contributed by atoms with van der Waals surface area (Å²) in [6.07, 6.45) is 3.95. The lowest BCUT2D eigenvalue weighted by molar-refractivity contribution is 0.415. The summed E-state index contributed by atoms with van der Waals surface area (Å²) >= 11 is 0. The number of aryl methyl sites for hydroxylation is 1. The van der Waals surface area contributed by atoms with Crippen molar-refractivity contribution in [2.75, 3.05) is 13.7 Å². The zero-order chi connectivity index (χ0) is 13.9. The quantitative estimate of drug-likeness (QED) is 0.929. The minimum absolute atomic E-state index is 0.866. The van der Waals surface area contributed by atoms with Crippen LogP contribution in [0.15, 0.2) is 24.4 Å². The lowest BCUT2D eigenvalue weighted by Crippen LogP contribution is -2.24. The number of benzene rings is 1. The Kier molecular flexibility index (Phi) is 3.74. The minimum atomic E-state index is 0.866. The Morgan fingerprint density at radius 1 is 1.40 bits per heavy atom. The van der Waals surface area contributed by atoms with Crippen LogP contribution < -0.4 is 10.1 Å². The van der Waals surface area contributed by atoms with Crippen LogP contribution in [0.1, 0.15) is 24.5 Å². The van der Waals surface area contributed by atoms with E-state index < -0.39 is 0 Å². The molecule has 1 aliphatic heterocycles. The molecule has 1 aliphatic rings. The molecule has 0 unspecified atom stereocenters. The molecule has 1 aromatic heterocycles. The Hall–Kier alpha value is -1.81. The molecule has 2 heterocycles. The van der Waals surface area contributed by atoms with E-state index in [1.165, 1.54) is 16.7 Å². The molecule has 0 amide bonds. The summed E-state index contributed by atoms with van der Waals surface area (Å²) in [5.74, 6) is 0.866. The van der Waals surface area contributed by atoms with Gasteiger partial charge in [-0.3, -0.25) is 4.68 Å². The summed E-state index contributed by atoms with van der Waals surface area (Å²) in [4.78, 5) is 0. The second-order valence-electron chi connectivity index (χ2n) is 5.15. The lowest BCUT2D eigenvalue weighted by atomic mass is 9.93. The monoisotopic (exact) mass is 271 g/mol. The first-order chi connectivity index (χ1) is 9.85. The number of methoxy groups -OCH3 is 1. The van der Waals surface area contributed by atoms with Gasteiger partial charge in [-0.1, -0.05) is 25.1 Å². The predicted octanol–water partition coefficient (Wildman–Crippen LogP) is 2.61. The van der Waals surface area contributed by atoms with Crippen LogP contribution in [-0.4, -0.2) is 23.4 Å². The number of hydrogen-bond acceptors (Lipinski definition) is 3. The van der Waals surface area contributed by atoms with Gasteiger partial charge in [0.05, 0.1) is 13.3 Å². The van der Waals surface area contributed by atoms with E-state index in [0.717, 1.165) is 43.9 Å². The van der Waals surface area contributed by atoms with Crippen LogP contribution in [0.5, 0.6) is 5.75 Å². The predicted molar refractivity (Wildman–Crippen MR) is 79.9 cm³/mol. The van der Waals surface area contributed by atoms with E-state index in [1.807, 2.05) is 6.20 Å². The Bertz CT molecular complexity index is 604. The van der Waals surface area contributed by atoms with Gasteiger partial charge in [-0.05, 0) is 30.5 Å². The standard InChI is InChI=1S/C16H21N3O/c1-3-9-19-16(15(20-2)11-18-19)14-6-4-5-12-10-17-8-7-13(12)14/h4-6,11,17H,3,7-10H2,1-2H3. The Labute approximate surface area is 119 Å². The molecule has 20 heavy (non-hydrogen) atoms. The van der Waals surface area contributed by atoms with Crippen molar-refractivity contribution < 1.29 is 4.74 Å². The van der Waals surface area contributed by atoms with Crippen molar-refractivity contribution in [3.63, 3.8) is 0 Å². The average molecular weight is 271 g/mol. The highest BCUT2D eigenvalue weighted by molar-refractivity contribution is 5.71. The van der Waals surface area contributed by atoms with Crippen molar-refractivity contribution in [1.82, 2.24) is 15.1 Å². The topological polar surface area (TPSA) is 39.1 Å². The molecule has 4 heteroatoms. The largest absolute Gasteiger partial charge is 0.493 e. The van der Waals surface area contributed by atoms with E-state index >= 15 is 0 Å². The highest BCUT2D eigenvalue weighted by Gasteiger charge is 2.19. The summed E-state index contributed by atoms with van der Waals surface area (Å²) in [7, 11) is 1.72. The third kappa shape index (κ3) is 2.20. The van der Waals surface area contributed by atoms with E-state index in [9.17, 15) is 0 Å². The SMILES string of the molecule is CCCn1ncc(OC)c1-c1cccc2c1CCNC2. The van der Waals surface area contributed by atoms with E-state index in [0.29, 0.717) is 0 Å². The normalized spacial score (nSPS) is 14.1. The molecule has 2 aromatic rings. The van der Waals surface area contributed by atoms with E-state index in [-0.39, 0.29) is 0 Å². The molecule has 0 bridgehead atoms. The molecule has 106 valence electrons. The number of nitrogens with one attached hydrogen (secondary N) is 1. The van der Waals surface area contributed by atoms with E-state index in [2.05, 4.69) is 40.2 Å². The third-order valence-electron chi connectivity index (χ3n) is 3.86. The Balaban J connectivity index is 2.15. The summed E-state index contributed by atoms with van der Waals surface area (Å²) in [5.41, 5.74) is 5.21. The van der Waals surface area contributed by atoms with E-state index in [4.69, 9.17) is 4.74 Å². The van der Waals surface area contributed by atoms with Gasteiger partial charge in [0, 0.05) is 18.7 Å². The van der Waals surface area contributed by atoms with Gasteiger partial charge < -0.3 is 10.1 Å². The van der Waals surface area contributed by atoms with Crippen molar-refractivity contribution in [2.24, 2.45) is 0 Å². The van der Waals surface area contributed by atoms with Crippen LogP contribution in [0.3, 0.4) is 0 Å². The maximum Gasteiger partial charge on any atom is 0.164 e. The van der Waals surface area contributed by atoms with Crippen molar-refractivity contribution in [3.8, 4) is 17.0 Å². The first-order valence-corrected chi connectivity index (χ1v) is 7.26. The highest BCUT2D eigenvalue weighted by Crippen LogP contribution is 2.34. The third-order valence-corrected chi connectivity index (χ3v) is 3.86. The van der Waals surface area contributed by atoms with Crippen LogP contribution in [-0.2, 0) is 19.5 Å². The molecule has 1 aromatic carbocycles. The van der Waals surface area contributed by atoms with Crippen LogP contribution in [0.25, 0.3) is 11.3 Å². The fourth-order valence-corrected chi connectivity index (χ4v) is 2.92. The smallest absolute Gasteiger partial charge is 0.164 e. The van der Waals surface area contributed by atoms with Gasteiger partial charge in [0.25, 0.3) is 0 Å². The van der Waals surface area contributed by atoms with Crippen molar-refractivity contribution in [1.29, 1.82) is 0 Å². The highest BCUT2D eigenvalue weighted by atomic mass is 16.5. The fraction of sp³-hybridized carbons (Fsp3) is 0.438. The zero-order valence-electron chi connectivity index (χ0n) is 12.1. The Morgan fingerprint density at radius 3 is 3.10 bits per heavy atom. The van der Waals surface area contributed by atoms with Gasteiger partial charge in [-0.25, -0.2) is 0 Å². The number of rotatable bonds is 4. The minimum Gasteiger partial charge on any atom is -0.493 e. The molecule has 0 saturated carbocycles. The summed E-state index contributed by atoms with van der Waals surface area (Å²) in [5, 5.41) is 7.91. The molecule has 0 aliphatic carbocycles. The van der Waals surface area contributed by atoms with Crippen molar-refractivity contribution >= 4 is 0 Å². The number of fused-ring (bicyclic) bond motifs is 1. The number of aromatic nitrogens is 2. The van der Waals surface area contributed by atoms with Crippen LogP contribution in [0.4, 0.5) is 0 Å². The second kappa shape index (κ2) is 5.67. The number of nitrogens with zero attached hydrogens (tertiary/aromatic N) is 2. The molecular weight excluding hydrogens is 250 g/mol. The first-order valence-electron chi connectivity index (χ1n) is 7.26. The maximum absolute atomic E-state index is 5.52. The summed E-state index contributed by atoms with van der Waals surface area (Å²) < 4.78 is 7.58. The molecule has 4 nitrogen and oxygen atoms in total. The van der Waals surface area contributed by atoms with Gasteiger partial charge in [0.2, 0.25) is 0 Å². The summed E-state index contributed by atoms with van der Waals surface area (Å²) in [6.45, 7) is 5.07. The van der Waals surface area contributed by atoms with E-state index in [1.54, 1.807) is 7.11 Å². The molecule has 0 saturated heterocycles. The van der Waals surface area contributed by atoms with Crippen molar-refractivity contribution in [3.05, 3.63) is 35.5 Å². The van der Waals surface area contributed by atoms with Gasteiger partial charge >= 0.3 is 0 Å². The molecule has 1 N–H and O–H groups in total. The van der Waals surface area contributed by atoms with Crippen molar-refractivity contribution in [2.45, 2.75) is 32.9 Å². The lowest BCUT2D eigenvalue weighted by Gasteiger charge is -2.21. The number of hydrogen-bond donors (Lipinski definition) is 1. The summed E-state index contributed by atoms with van der Waals surface area (Å²) in [6, 6.07) is 6.53. The zero-order valence-corrected chi connectivity index (χ0v) is 12.1. The van der Waals surface area contributed by atoms with Gasteiger partial charge in [-0.15, -0.1) is 0 Å². The maximum atomic E-state index is 5.52. The van der Waals surface area contributed by atoms with Gasteiger partial charge in [0.1, 0.15) is 5.69 Å². The molecular formula is C16H21N3O. The fourth-order valence-electron chi connectivity index (χ4n) is 2.92. The number of ether oxygens (including phenoxy) is 1. The van der Waals surface area contributed by atoms with Crippen LogP contribution >= 0.6 is 0 Å². The van der Waals surface area contributed by atoms with Gasteiger partial charge in [-0.2, -0.15) is 5.10 Å². The van der Waals surface area contributed by atoms with Crippen LogP contribution in [0, 0.1) is 0 Å². The Morgan fingerprint density at radius 2 is 2.30 bits per heavy atom. The first kappa shape index (κ1) is 13.2.